The highest BCUT2D eigenvalue weighted by molar-refractivity contribution is 5.17. The van der Waals surface area contributed by atoms with Crippen molar-refractivity contribution in [3.05, 3.63) is 0 Å². The van der Waals surface area contributed by atoms with Crippen molar-refractivity contribution in [2.45, 2.75) is 111 Å². The SMILES string of the molecule is CCCCCCCCC(F)(F)C(F)(F)C(F)(F)C(F)(F)C(F)(F)C(F)(F)C(F)(F)C(F)(F)C(F)(F)C(F)(F)F. The Balaban J connectivity index is 6.58. The monoisotopic (exact) mass is 632 g/mol. The lowest BCUT2D eigenvalue weighted by Gasteiger charge is -2.44. The number of halogens is 21. The molecule has 0 fully saturated rings. The number of rotatable bonds is 15. The average Bonchev–Trinajstić information content (AvgIpc) is 2.74. The minimum atomic E-state index is -9.13. The van der Waals surface area contributed by atoms with Crippen LogP contribution in [0.4, 0.5) is 92.2 Å². The molecule has 0 atom stereocenters. The first-order valence-electron chi connectivity index (χ1n) is 10.3. The third-order valence-electron chi connectivity index (χ3n) is 5.42. The van der Waals surface area contributed by atoms with Crippen molar-refractivity contribution in [3.8, 4) is 0 Å². The first-order chi connectivity index (χ1) is 16.8. The van der Waals surface area contributed by atoms with Gasteiger partial charge in [-0.05, 0) is 6.42 Å². The fraction of sp³-hybridized carbons (Fsp3) is 1.00. The zero-order valence-electron chi connectivity index (χ0n) is 18.9. The van der Waals surface area contributed by atoms with E-state index in [2.05, 4.69) is 0 Å². The maximum atomic E-state index is 13.7. The van der Waals surface area contributed by atoms with Crippen molar-refractivity contribution in [1.29, 1.82) is 0 Å². The highest BCUT2D eigenvalue weighted by Crippen LogP contribution is 2.66. The maximum absolute atomic E-state index is 13.7. The van der Waals surface area contributed by atoms with E-state index in [1.165, 1.54) is 0 Å². The molecule has 21 heteroatoms. The van der Waals surface area contributed by atoms with Gasteiger partial charge < -0.3 is 0 Å². The van der Waals surface area contributed by atoms with Gasteiger partial charge in [0.1, 0.15) is 0 Å². The quantitative estimate of drug-likeness (QED) is 0.125. The van der Waals surface area contributed by atoms with Crippen LogP contribution in [0, 0.1) is 0 Å². The Morgan fingerprint density at radius 2 is 0.564 bits per heavy atom. The van der Waals surface area contributed by atoms with Crippen LogP contribution < -0.4 is 0 Å². The molecule has 0 aromatic rings. The van der Waals surface area contributed by atoms with Crippen LogP contribution in [-0.2, 0) is 0 Å². The summed E-state index contributed by atoms with van der Waals surface area (Å²) in [6, 6.07) is 0. The van der Waals surface area contributed by atoms with Gasteiger partial charge in [0.15, 0.2) is 0 Å². The van der Waals surface area contributed by atoms with Gasteiger partial charge in [-0.25, -0.2) is 0 Å². The van der Waals surface area contributed by atoms with Crippen LogP contribution in [0.5, 0.6) is 0 Å². The summed E-state index contributed by atoms with van der Waals surface area (Å²) >= 11 is 0. The Bertz CT molecular complexity index is 806. The fourth-order valence-corrected chi connectivity index (χ4v) is 2.88. The molecule has 0 radical (unpaired) electrons. The molecule has 0 N–H and O–H groups in total. The topological polar surface area (TPSA) is 0 Å². The van der Waals surface area contributed by atoms with Crippen molar-refractivity contribution in [1.82, 2.24) is 0 Å². The zero-order valence-corrected chi connectivity index (χ0v) is 18.9. The zero-order chi connectivity index (χ0) is 31.9. The molecule has 0 spiro atoms. The molecule has 0 nitrogen and oxygen atoms in total. The van der Waals surface area contributed by atoms with Crippen molar-refractivity contribution in [2.75, 3.05) is 0 Å². The van der Waals surface area contributed by atoms with Crippen LogP contribution in [0.1, 0.15) is 51.9 Å². The van der Waals surface area contributed by atoms with Crippen LogP contribution in [0.2, 0.25) is 0 Å². The predicted octanol–water partition coefficient (Wildman–Crippen LogP) is 10.0. The second-order valence-corrected chi connectivity index (χ2v) is 8.32. The highest BCUT2D eigenvalue weighted by Gasteiger charge is 2.97. The van der Waals surface area contributed by atoms with Gasteiger partial charge in [-0.2, -0.15) is 92.2 Å². The number of alkyl halides is 21. The molecule has 0 heterocycles. The van der Waals surface area contributed by atoms with E-state index in [0.717, 1.165) is 0 Å². The van der Waals surface area contributed by atoms with Crippen LogP contribution in [0.15, 0.2) is 0 Å². The molecule has 0 bridgehead atoms. The van der Waals surface area contributed by atoms with E-state index in [0.29, 0.717) is 12.8 Å². The molecule has 0 aliphatic heterocycles. The van der Waals surface area contributed by atoms with Crippen molar-refractivity contribution in [3.63, 3.8) is 0 Å². The average molecular weight is 632 g/mol. The van der Waals surface area contributed by atoms with E-state index < -0.39 is 78.7 Å². The van der Waals surface area contributed by atoms with Crippen LogP contribution in [-0.4, -0.2) is 59.5 Å². The number of hydrogen-bond donors (Lipinski definition) is 0. The molecule has 0 saturated carbocycles. The summed E-state index contributed by atoms with van der Waals surface area (Å²) in [5.74, 6) is -76.2. The van der Waals surface area contributed by atoms with Gasteiger partial charge in [-0.15, -0.1) is 0 Å². The van der Waals surface area contributed by atoms with Crippen molar-refractivity contribution < 1.29 is 92.2 Å². The van der Waals surface area contributed by atoms with Crippen LogP contribution >= 0.6 is 0 Å². The summed E-state index contributed by atoms with van der Waals surface area (Å²) in [5.41, 5.74) is 0. The normalized spacial score (nSPS) is 16.2. The maximum Gasteiger partial charge on any atom is 0.460 e. The Kier molecular flexibility index (Phi) is 10.3. The number of hydrogen-bond acceptors (Lipinski definition) is 0. The minimum absolute atomic E-state index is 0.0296. The molecular weight excluding hydrogens is 615 g/mol. The third-order valence-corrected chi connectivity index (χ3v) is 5.42. The van der Waals surface area contributed by atoms with Gasteiger partial charge in [0.2, 0.25) is 0 Å². The molecule has 0 aliphatic carbocycles. The highest BCUT2D eigenvalue weighted by atomic mass is 19.4. The van der Waals surface area contributed by atoms with Crippen LogP contribution in [0.3, 0.4) is 0 Å². The van der Waals surface area contributed by atoms with E-state index in [1.807, 2.05) is 0 Å². The molecule has 0 amide bonds. The Morgan fingerprint density at radius 1 is 0.308 bits per heavy atom. The molecule has 39 heavy (non-hydrogen) atoms. The molecule has 236 valence electrons. The summed E-state index contributed by atoms with van der Waals surface area (Å²) in [5, 5.41) is 0. The van der Waals surface area contributed by atoms with Crippen LogP contribution in [0.25, 0.3) is 0 Å². The predicted molar refractivity (Wildman–Crippen MR) is 88.6 cm³/mol. The second kappa shape index (κ2) is 10.7. The first-order valence-corrected chi connectivity index (χ1v) is 10.3. The van der Waals surface area contributed by atoms with E-state index in [4.69, 9.17) is 0 Å². The lowest BCUT2D eigenvalue weighted by atomic mass is 9.85. The molecule has 0 aliphatic rings. The van der Waals surface area contributed by atoms with Gasteiger partial charge in [-0.3, -0.25) is 0 Å². The van der Waals surface area contributed by atoms with E-state index in [9.17, 15) is 92.2 Å². The first kappa shape index (κ1) is 37.5. The summed E-state index contributed by atoms with van der Waals surface area (Å²) in [6.07, 6.45) is -10.9. The smallest absolute Gasteiger partial charge is 0.200 e. The lowest BCUT2D eigenvalue weighted by molar-refractivity contribution is -0.474. The summed E-state index contributed by atoms with van der Waals surface area (Å²) < 4.78 is 279. The fourth-order valence-electron chi connectivity index (χ4n) is 2.88. The summed E-state index contributed by atoms with van der Waals surface area (Å²) in [6.45, 7) is 1.65. The number of unbranched alkanes of at least 4 members (excludes halogenated alkanes) is 5. The summed E-state index contributed by atoms with van der Waals surface area (Å²) in [4.78, 5) is 0. The van der Waals surface area contributed by atoms with Gasteiger partial charge in [0, 0.05) is 6.42 Å². The second-order valence-electron chi connectivity index (χ2n) is 8.32. The van der Waals surface area contributed by atoms with Gasteiger partial charge >= 0.3 is 59.5 Å². The van der Waals surface area contributed by atoms with E-state index >= 15 is 0 Å². The van der Waals surface area contributed by atoms with E-state index in [1.54, 1.807) is 6.92 Å². The molecule has 0 aromatic heterocycles. The molecule has 0 aromatic carbocycles. The lowest BCUT2D eigenvalue weighted by Crippen LogP contribution is -2.76. The third kappa shape index (κ3) is 5.56. The molecule has 0 saturated heterocycles. The largest absolute Gasteiger partial charge is 0.460 e. The van der Waals surface area contributed by atoms with Gasteiger partial charge in [-0.1, -0.05) is 39.0 Å². The van der Waals surface area contributed by atoms with Gasteiger partial charge in [0.25, 0.3) is 0 Å². The molecule has 0 unspecified atom stereocenters. The van der Waals surface area contributed by atoms with Crippen molar-refractivity contribution >= 4 is 0 Å². The van der Waals surface area contributed by atoms with Crippen molar-refractivity contribution in [2.24, 2.45) is 0 Å². The Morgan fingerprint density at radius 3 is 0.872 bits per heavy atom. The van der Waals surface area contributed by atoms with E-state index in [-0.39, 0.29) is 12.8 Å². The molecular formula is C18H17F21. The Labute approximate surface area is 204 Å². The standard InChI is InChI=1S/C18H17F21/c1-2-3-4-5-6-7-8-9(19,20)10(21,22)11(23,24)12(25,26)13(27,28)14(29,30)15(31,32)16(33,34)17(35,36)18(37,38)39/h2-8H2,1H3. The molecule has 0 rings (SSSR count). The Hall–Kier alpha value is -1.47. The van der Waals surface area contributed by atoms with Gasteiger partial charge in [0.05, 0.1) is 0 Å². The summed E-state index contributed by atoms with van der Waals surface area (Å²) in [7, 11) is 0. The minimum Gasteiger partial charge on any atom is -0.200 e.